The molecule has 0 fully saturated rings. The van der Waals surface area contributed by atoms with E-state index in [-0.39, 0.29) is 11.1 Å². The van der Waals surface area contributed by atoms with Gasteiger partial charge in [0.25, 0.3) is 11.1 Å². The zero-order valence-corrected chi connectivity index (χ0v) is 18.5. The molecule has 31 heavy (non-hydrogen) atoms. The van der Waals surface area contributed by atoms with E-state index >= 15 is 0 Å². The van der Waals surface area contributed by atoms with Gasteiger partial charge in [0, 0.05) is 23.4 Å². The fraction of sp³-hybridized carbons (Fsp3) is 0.130. The molecule has 2 aromatic carbocycles. The molecule has 8 heteroatoms. The van der Waals surface area contributed by atoms with Gasteiger partial charge in [-0.15, -0.1) is 11.3 Å². The van der Waals surface area contributed by atoms with Crippen LogP contribution in [0.5, 0.6) is 0 Å². The summed E-state index contributed by atoms with van der Waals surface area (Å²) in [6.07, 6.45) is 1.72. The molecule has 3 aromatic heterocycles. The predicted octanol–water partition coefficient (Wildman–Crippen LogP) is 4.36. The Morgan fingerprint density at radius 2 is 1.87 bits per heavy atom. The number of fused-ring (bicyclic) bond motifs is 2. The maximum Gasteiger partial charge on any atom is 0.266 e. The van der Waals surface area contributed by atoms with Crippen LogP contribution in [0.3, 0.4) is 0 Å². The van der Waals surface area contributed by atoms with E-state index in [2.05, 4.69) is 11.1 Å². The van der Waals surface area contributed by atoms with Gasteiger partial charge in [-0.2, -0.15) is 0 Å². The number of aryl methyl sites for hydroxylation is 2. The smallest absolute Gasteiger partial charge is 0.266 e. The first kappa shape index (κ1) is 19.7. The third kappa shape index (κ3) is 3.58. The number of para-hydroxylation sites is 1. The Kier molecular flexibility index (Phi) is 4.95. The van der Waals surface area contributed by atoms with Crippen molar-refractivity contribution in [3.05, 3.63) is 97.6 Å². The molecule has 0 saturated heterocycles. The van der Waals surface area contributed by atoms with Crippen LogP contribution in [0.25, 0.3) is 21.6 Å². The fourth-order valence-corrected chi connectivity index (χ4v) is 5.21. The summed E-state index contributed by atoms with van der Waals surface area (Å²) in [7, 11) is 0. The Morgan fingerprint density at radius 3 is 2.71 bits per heavy atom. The first-order chi connectivity index (χ1) is 15.0. The highest BCUT2D eigenvalue weighted by Crippen LogP contribution is 2.26. The molecule has 0 aliphatic carbocycles. The lowest BCUT2D eigenvalue weighted by atomic mass is 10.1. The van der Waals surface area contributed by atoms with Crippen molar-refractivity contribution in [3.8, 4) is 5.69 Å². The Morgan fingerprint density at radius 1 is 1.03 bits per heavy atom. The standard InChI is InChI=1S/C23H18N4O2S2/c1-14-7-8-19(15(2)11-14)27-21(29)17-5-3-4-6-18(17)25-23(27)31-13-16-12-20(28)26-9-10-30-22(26)24-16/h3-12H,13H2,1-2H3. The van der Waals surface area contributed by atoms with E-state index in [1.54, 1.807) is 16.8 Å². The van der Waals surface area contributed by atoms with Crippen molar-refractivity contribution in [1.82, 2.24) is 18.9 Å². The molecular weight excluding hydrogens is 428 g/mol. The summed E-state index contributed by atoms with van der Waals surface area (Å²) in [4.78, 5) is 35.8. The van der Waals surface area contributed by atoms with E-state index in [4.69, 9.17) is 4.98 Å². The molecule has 154 valence electrons. The van der Waals surface area contributed by atoms with E-state index in [1.165, 1.54) is 33.6 Å². The molecule has 3 heterocycles. The van der Waals surface area contributed by atoms with Crippen LogP contribution in [0, 0.1) is 13.8 Å². The first-order valence-corrected chi connectivity index (χ1v) is 11.6. The van der Waals surface area contributed by atoms with Crippen molar-refractivity contribution >= 4 is 39.0 Å². The summed E-state index contributed by atoms with van der Waals surface area (Å²) in [6, 6.07) is 14.9. The Balaban J connectivity index is 1.64. The molecule has 0 unspecified atom stereocenters. The largest absolute Gasteiger partial charge is 0.269 e. The lowest BCUT2D eigenvalue weighted by Gasteiger charge is -2.15. The molecule has 0 atom stereocenters. The molecule has 0 aliphatic rings. The summed E-state index contributed by atoms with van der Waals surface area (Å²) in [6.45, 7) is 4.02. The van der Waals surface area contributed by atoms with Crippen molar-refractivity contribution in [2.75, 3.05) is 0 Å². The molecule has 0 amide bonds. The number of hydrogen-bond acceptors (Lipinski definition) is 6. The Labute approximate surface area is 185 Å². The van der Waals surface area contributed by atoms with Gasteiger partial charge in [-0.3, -0.25) is 18.6 Å². The number of thiazole rings is 1. The third-order valence-electron chi connectivity index (χ3n) is 5.04. The normalized spacial score (nSPS) is 11.4. The molecule has 0 aliphatic heterocycles. The minimum atomic E-state index is -0.111. The maximum absolute atomic E-state index is 13.4. The average molecular weight is 447 g/mol. The maximum atomic E-state index is 13.4. The SMILES string of the molecule is Cc1ccc(-n2c(SCc3cc(=O)n4ccsc4n3)nc3ccccc3c2=O)c(C)c1. The van der Waals surface area contributed by atoms with Gasteiger partial charge in [0.1, 0.15) is 0 Å². The van der Waals surface area contributed by atoms with Crippen LogP contribution in [0.1, 0.15) is 16.8 Å². The molecule has 0 N–H and O–H groups in total. The molecule has 0 saturated carbocycles. The van der Waals surface area contributed by atoms with Crippen molar-refractivity contribution in [2.24, 2.45) is 0 Å². The van der Waals surface area contributed by atoms with Crippen LogP contribution in [0.2, 0.25) is 0 Å². The van der Waals surface area contributed by atoms with Crippen LogP contribution in [-0.4, -0.2) is 18.9 Å². The van der Waals surface area contributed by atoms with Crippen LogP contribution >= 0.6 is 23.1 Å². The van der Waals surface area contributed by atoms with E-state index in [1.807, 2.05) is 49.6 Å². The van der Waals surface area contributed by atoms with E-state index in [0.717, 1.165) is 16.8 Å². The van der Waals surface area contributed by atoms with Crippen LogP contribution in [-0.2, 0) is 5.75 Å². The zero-order chi connectivity index (χ0) is 21.5. The number of hydrogen-bond donors (Lipinski definition) is 0. The van der Waals surface area contributed by atoms with Crippen molar-refractivity contribution in [1.29, 1.82) is 0 Å². The van der Waals surface area contributed by atoms with E-state index in [0.29, 0.717) is 32.5 Å². The minimum Gasteiger partial charge on any atom is -0.269 e. The van der Waals surface area contributed by atoms with Crippen LogP contribution < -0.4 is 11.1 Å². The zero-order valence-electron chi connectivity index (χ0n) is 16.9. The Hall–Kier alpha value is -3.23. The number of thioether (sulfide) groups is 1. The summed E-state index contributed by atoms with van der Waals surface area (Å²) in [5.74, 6) is 0.430. The number of nitrogens with zero attached hydrogens (tertiary/aromatic N) is 4. The highest BCUT2D eigenvalue weighted by Gasteiger charge is 2.16. The second-order valence-electron chi connectivity index (χ2n) is 7.27. The van der Waals surface area contributed by atoms with Crippen molar-refractivity contribution in [2.45, 2.75) is 24.8 Å². The van der Waals surface area contributed by atoms with Gasteiger partial charge in [0.2, 0.25) is 0 Å². The number of rotatable bonds is 4. The molecule has 6 nitrogen and oxygen atoms in total. The van der Waals surface area contributed by atoms with Gasteiger partial charge in [0.15, 0.2) is 10.1 Å². The first-order valence-electron chi connectivity index (χ1n) is 9.69. The summed E-state index contributed by atoms with van der Waals surface area (Å²) in [5, 5.41) is 2.98. The van der Waals surface area contributed by atoms with E-state index in [9.17, 15) is 9.59 Å². The van der Waals surface area contributed by atoms with Gasteiger partial charge in [-0.05, 0) is 37.6 Å². The topological polar surface area (TPSA) is 69.3 Å². The highest BCUT2D eigenvalue weighted by molar-refractivity contribution is 7.98. The minimum absolute atomic E-state index is 0.109. The van der Waals surface area contributed by atoms with E-state index < -0.39 is 0 Å². The Bertz CT molecular complexity index is 1570. The monoisotopic (exact) mass is 446 g/mol. The lowest BCUT2D eigenvalue weighted by molar-refractivity contribution is 0.813. The fourth-order valence-electron chi connectivity index (χ4n) is 3.58. The summed E-state index contributed by atoms with van der Waals surface area (Å²) in [5.41, 5.74) is 4.02. The molecule has 0 spiro atoms. The molecule has 0 radical (unpaired) electrons. The predicted molar refractivity (Wildman–Crippen MR) is 126 cm³/mol. The average Bonchev–Trinajstić information content (AvgIpc) is 3.23. The van der Waals surface area contributed by atoms with Crippen LogP contribution in [0.15, 0.2) is 74.9 Å². The molecule has 5 aromatic rings. The van der Waals surface area contributed by atoms with Gasteiger partial charge in [-0.25, -0.2) is 9.97 Å². The summed E-state index contributed by atoms with van der Waals surface area (Å²) < 4.78 is 3.19. The molecular formula is C23H18N4O2S2. The van der Waals surface area contributed by atoms with Gasteiger partial charge in [-0.1, -0.05) is 41.6 Å². The third-order valence-corrected chi connectivity index (χ3v) is 6.77. The highest BCUT2D eigenvalue weighted by atomic mass is 32.2. The second-order valence-corrected chi connectivity index (χ2v) is 9.09. The summed E-state index contributed by atoms with van der Waals surface area (Å²) >= 11 is 2.82. The van der Waals surface area contributed by atoms with Gasteiger partial charge >= 0.3 is 0 Å². The van der Waals surface area contributed by atoms with Gasteiger partial charge in [0.05, 0.1) is 22.3 Å². The van der Waals surface area contributed by atoms with Gasteiger partial charge < -0.3 is 0 Å². The second kappa shape index (κ2) is 7.79. The van der Waals surface area contributed by atoms with Crippen LogP contribution in [0.4, 0.5) is 0 Å². The number of benzene rings is 2. The quantitative estimate of drug-likeness (QED) is 0.303. The molecule has 5 rings (SSSR count). The lowest BCUT2D eigenvalue weighted by Crippen LogP contribution is -2.22. The number of aromatic nitrogens is 4. The van der Waals surface area contributed by atoms with Crippen molar-refractivity contribution in [3.63, 3.8) is 0 Å². The molecule has 0 bridgehead atoms. The van der Waals surface area contributed by atoms with Crippen molar-refractivity contribution < 1.29 is 0 Å².